The topological polar surface area (TPSA) is 40.5 Å². The molecule has 1 saturated heterocycles. The fourth-order valence-electron chi connectivity index (χ4n) is 2.48. The summed E-state index contributed by atoms with van der Waals surface area (Å²) in [6.07, 6.45) is 0.944. The highest BCUT2D eigenvalue weighted by molar-refractivity contribution is 5.79. The molecule has 1 amide bonds. The van der Waals surface area contributed by atoms with E-state index in [9.17, 15) is 9.90 Å². The van der Waals surface area contributed by atoms with Crippen molar-refractivity contribution in [3.63, 3.8) is 0 Å². The molecule has 2 atom stereocenters. The van der Waals surface area contributed by atoms with Crippen LogP contribution < -0.4 is 0 Å². The van der Waals surface area contributed by atoms with Crippen molar-refractivity contribution in [3.05, 3.63) is 34.9 Å². The third-order valence-electron chi connectivity index (χ3n) is 4.20. The summed E-state index contributed by atoms with van der Waals surface area (Å²) < 4.78 is 0. The number of benzene rings is 1. The van der Waals surface area contributed by atoms with E-state index in [-0.39, 0.29) is 12.0 Å². The summed E-state index contributed by atoms with van der Waals surface area (Å²) in [5.74, 6) is 0.417. The summed E-state index contributed by atoms with van der Waals surface area (Å²) in [4.78, 5) is 14.0. The van der Waals surface area contributed by atoms with Gasteiger partial charge in [-0.2, -0.15) is 0 Å². The molecule has 3 nitrogen and oxygen atoms in total. The van der Waals surface area contributed by atoms with Crippen molar-refractivity contribution in [1.29, 1.82) is 0 Å². The van der Waals surface area contributed by atoms with Crippen molar-refractivity contribution in [3.8, 4) is 0 Å². The minimum atomic E-state index is -0.377. The van der Waals surface area contributed by atoms with Gasteiger partial charge in [0, 0.05) is 13.1 Å². The van der Waals surface area contributed by atoms with E-state index in [1.165, 1.54) is 11.1 Å². The summed E-state index contributed by atoms with van der Waals surface area (Å²) in [7, 11) is 0. The van der Waals surface area contributed by atoms with Crippen LogP contribution in [0.15, 0.2) is 18.2 Å². The molecule has 0 spiro atoms. The first kappa shape index (κ1) is 14.1. The quantitative estimate of drug-likeness (QED) is 0.885. The number of aryl methyl sites for hydroxylation is 2. The van der Waals surface area contributed by atoms with Gasteiger partial charge in [-0.15, -0.1) is 0 Å². The predicted octanol–water partition coefficient (Wildman–Crippen LogP) is 2.08. The number of piperidine rings is 1. The van der Waals surface area contributed by atoms with Crippen LogP contribution in [0.2, 0.25) is 0 Å². The zero-order chi connectivity index (χ0) is 14.0. The van der Waals surface area contributed by atoms with Crippen LogP contribution in [0, 0.1) is 19.8 Å². The highest BCUT2D eigenvalue weighted by Crippen LogP contribution is 2.18. The van der Waals surface area contributed by atoms with Gasteiger partial charge in [-0.1, -0.05) is 25.1 Å². The van der Waals surface area contributed by atoms with Gasteiger partial charge in [0.1, 0.15) is 0 Å². The SMILES string of the molecule is Cc1ccc(CC(=O)N2CCC(C)C(O)C2)cc1C. The molecule has 3 heteroatoms. The van der Waals surface area contributed by atoms with Gasteiger partial charge in [-0.25, -0.2) is 0 Å². The van der Waals surface area contributed by atoms with Crippen LogP contribution in [0.3, 0.4) is 0 Å². The van der Waals surface area contributed by atoms with Gasteiger partial charge in [0.15, 0.2) is 0 Å². The fourth-order valence-corrected chi connectivity index (χ4v) is 2.48. The number of aliphatic hydroxyl groups excluding tert-OH is 1. The molecular weight excluding hydrogens is 238 g/mol. The van der Waals surface area contributed by atoms with Crippen LogP contribution >= 0.6 is 0 Å². The summed E-state index contributed by atoms with van der Waals surface area (Å²) in [5, 5.41) is 9.85. The number of carbonyl (C=O) groups excluding carboxylic acids is 1. The third-order valence-corrected chi connectivity index (χ3v) is 4.20. The Morgan fingerprint density at radius 3 is 2.74 bits per heavy atom. The van der Waals surface area contributed by atoms with Crippen LogP contribution in [-0.2, 0) is 11.2 Å². The Bertz CT molecular complexity index is 470. The van der Waals surface area contributed by atoms with Gasteiger partial charge < -0.3 is 10.0 Å². The van der Waals surface area contributed by atoms with Crippen LogP contribution in [0.25, 0.3) is 0 Å². The average molecular weight is 261 g/mol. The second-order valence-corrected chi connectivity index (χ2v) is 5.77. The first-order valence-corrected chi connectivity index (χ1v) is 6.99. The van der Waals surface area contributed by atoms with E-state index in [0.29, 0.717) is 18.9 Å². The molecule has 1 aliphatic rings. The van der Waals surface area contributed by atoms with Crippen LogP contribution in [0.4, 0.5) is 0 Å². The Morgan fingerprint density at radius 1 is 1.37 bits per heavy atom. The van der Waals surface area contributed by atoms with E-state index in [4.69, 9.17) is 0 Å². The Hall–Kier alpha value is -1.35. The van der Waals surface area contributed by atoms with Gasteiger partial charge in [-0.3, -0.25) is 4.79 Å². The molecule has 1 aromatic carbocycles. The molecule has 1 heterocycles. The third kappa shape index (κ3) is 3.35. The molecule has 1 N–H and O–H groups in total. The molecule has 1 aromatic rings. The lowest BCUT2D eigenvalue weighted by Crippen LogP contribution is -2.46. The lowest BCUT2D eigenvalue weighted by Gasteiger charge is -2.34. The monoisotopic (exact) mass is 261 g/mol. The van der Waals surface area contributed by atoms with E-state index in [2.05, 4.69) is 26.0 Å². The standard InChI is InChI=1S/C16H23NO2/c1-11-4-5-14(8-13(11)3)9-16(19)17-7-6-12(2)15(18)10-17/h4-5,8,12,15,18H,6-7,9-10H2,1-3H3. The molecule has 2 unspecified atom stereocenters. The molecule has 104 valence electrons. The minimum Gasteiger partial charge on any atom is -0.391 e. The van der Waals surface area contributed by atoms with Crippen molar-refractivity contribution in [2.45, 2.75) is 39.7 Å². The first-order chi connectivity index (χ1) is 8.97. The van der Waals surface area contributed by atoms with E-state index in [0.717, 1.165) is 18.5 Å². The van der Waals surface area contributed by atoms with Gasteiger partial charge in [0.25, 0.3) is 0 Å². The van der Waals surface area contributed by atoms with Gasteiger partial charge in [0.2, 0.25) is 5.91 Å². The largest absolute Gasteiger partial charge is 0.391 e. The number of nitrogens with zero attached hydrogens (tertiary/aromatic N) is 1. The Morgan fingerprint density at radius 2 is 2.11 bits per heavy atom. The van der Waals surface area contributed by atoms with Crippen LogP contribution in [0.1, 0.15) is 30.0 Å². The lowest BCUT2D eigenvalue weighted by atomic mass is 9.95. The highest BCUT2D eigenvalue weighted by Gasteiger charge is 2.27. The van der Waals surface area contributed by atoms with Gasteiger partial charge >= 0.3 is 0 Å². The number of likely N-dealkylation sites (tertiary alicyclic amines) is 1. The fraction of sp³-hybridized carbons (Fsp3) is 0.562. The van der Waals surface area contributed by atoms with Crippen molar-refractivity contribution in [2.24, 2.45) is 5.92 Å². The average Bonchev–Trinajstić information content (AvgIpc) is 2.37. The van der Waals surface area contributed by atoms with Gasteiger partial charge in [-0.05, 0) is 42.9 Å². The highest BCUT2D eigenvalue weighted by atomic mass is 16.3. The summed E-state index contributed by atoms with van der Waals surface area (Å²) in [6, 6.07) is 6.16. The van der Waals surface area contributed by atoms with Crippen molar-refractivity contribution in [1.82, 2.24) is 4.90 Å². The molecule has 2 rings (SSSR count). The maximum Gasteiger partial charge on any atom is 0.227 e. The van der Waals surface area contributed by atoms with Crippen LogP contribution in [-0.4, -0.2) is 35.1 Å². The maximum atomic E-state index is 12.2. The van der Waals surface area contributed by atoms with Gasteiger partial charge in [0.05, 0.1) is 12.5 Å². The smallest absolute Gasteiger partial charge is 0.227 e. The molecule has 0 aromatic heterocycles. The minimum absolute atomic E-state index is 0.120. The molecular formula is C16H23NO2. The second-order valence-electron chi connectivity index (χ2n) is 5.77. The molecule has 0 saturated carbocycles. The Kier molecular flexibility index (Phi) is 4.25. The van der Waals surface area contributed by atoms with E-state index < -0.39 is 0 Å². The van der Waals surface area contributed by atoms with E-state index in [1.807, 2.05) is 13.0 Å². The zero-order valence-electron chi connectivity index (χ0n) is 12.0. The predicted molar refractivity (Wildman–Crippen MR) is 76.0 cm³/mol. The number of rotatable bonds is 2. The molecule has 19 heavy (non-hydrogen) atoms. The molecule has 1 fully saturated rings. The van der Waals surface area contributed by atoms with Crippen LogP contribution in [0.5, 0.6) is 0 Å². The number of carbonyl (C=O) groups is 1. The molecule has 0 aliphatic carbocycles. The number of hydrogen-bond donors (Lipinski definition) is 1. The molecule has 0 radical (unpaired) electrons. The second kappa shape index (κ2) is 5.74. The summed E-state index contributed by atoms with van der Waals surface area (Å²) >= 11 is 0. The van der Waals surface area contributed by atoms with E-state index in [1.54, 1.807) is 4.90 Å². The number of amides is 1. The first-order valence-electron chi connectivity index (χ1n) is 6.99. The van der Waals surface area contributed by atoms with Crippen molar-refractivity contribution >= 4 is 5.91 Å². The molecule has 0 bridgehead atoms. The number of hydrogen-bond acceptors (Lipinski definition) is 2. The summed E-state index contributed by atoms with van der Waals surface area (Å²) in [5.41, 5.74) is 3.53. The van der Waals surface area contributed by atoms with Crippen molar-refractivity contribution in [2.75, 3.05) is 13.1 Å². The normalized spacial score (nSPS) is 23.5. The van der Waals surface area contributed by atoms with E-state index >= 15 is 0 Å². The zero-order valence-corrected chi connectivity index (χ0v) is 12.0. The Balaban J connectivity index is 1.99. The number of aliphatic hydroxyl groups is 1. The number of β-amino-alcohol motifs (C(OH)–C–C–N with tert-alkyl or cyclic N) is 1. The summed E-state index contributed by atoms with van der Waals surface area (Å²) in [6.45, 7) is 7.42. The molecule has 1 aliphatic heterocycles. The van der Waals surface area contributed by atoms with Crippen molar-refractivity contribution < 1.29 is 9.90 Å². The Labute approximate surface area is 115 Å². The maximum absolute atomic E-state index is 12.2. The lowest BCUT2D eigenvalue weighted by molar-refractivity contribution is -0.134.